The first-order valence-electron chi connectivity index (χ1n) is 8.61. The zero-order valence-corrected chi connectivity index (χ0v) is 16.6. The largest absolute Gasteiger partial charge is 0.490 e. The van der Waals surface area contributed by atoms with Crippen molar-refractivity contribution in [2.45, 2.75) is 32.1 Å². The topological polar surface area (TPSA) is 92.7 Å². The van der Waals surface area contributed by atoms with Crippen molar-refractivity contribution in [3.05, 3.63) is 18.2 Å². The Bertz CT molecular complexity index is 636. The summed E-state index contributed by atoms with van der Waals surface area (Å²) in [6, 6.07) is 8.05. The van der Waals surface area contributed by atoms with Crippen LogP contribution in [0.2, 0.25) is 0 Å². The van der Waals surface area contributed by atoms with Gasteiger partial charge >= 0.3 is 0 Å². The molecule has 25 heavy (non-hydrogen) atoms. The van der Waals surface area contributed by atoms with E-state index in [2.05, 4.69) is 16.4 Å². The lowest BCUT2D eigenvalue weighted by molar-refractivity contribution is 0.297. The molecule has 136 valence electrons. The van der Waals surface area contributed by atoms with Crippen molar-refractivity contribution < 1.29 is 9.47 Å². The Kier molecular flexibility index (Phi) is 7.62. The molecule has 1 aromatic rings. The molecule has 1 aliphatic heterocycles. The van der Waals surface area contributed by atoms with Crippen LogP contribution >= 0.6 is 24.0 Å². The summed E-state index contributed by atoms with van der Waals surface area (Å²) in [7, 11) is 0. The second-order valence-corrected chi connectivity index (χ2v) is 6.41. The zero-order valence-electron chi connectivity index (χ0n) is 14.2. The van der Waals surface area contributed by atoms with Crippen molar-refractivity contribution >= 4 is 35.6 Å². The van der Waals surface area contributed by atoms with E-state index in [4.69, 9.17) is 20.5 Å². The van der Waals surface area contributed by atoms with Crippen molar-refractivity contribution in [3.8, 4) is 17.6 Å². The first-order chi connectivity index (χ1) is 11.7. The SMILES string of the molecule is I.N#CC1CCC(CN=C(N)Nc2ccc3c(c2)OCCCO3)CC1. The number of guanidine groups is 1. The van der Waals surface area contributed by atoms with E-state index in [-0.39, 0.29) is 29.9 Å². The van der Waals surface area contributed by atoms with E-state index in [1.165, 1.54) is 0 Å². The number of rotatable bonds is 3. The predicted molar refractivity (Wildman–Crippen MR) is 109 cm³/mol. The molecule has 1 heterocycles. The first-order valence-corrected chi connectivity index (χ1v) is 8.61. The van der Waals surface area contributed by atoms with Gasteiger partial charge in [-0.05, 0) is 43.7 Å². The van der Waals surface area contributed by atoms with Gasteiger partial charge in [0.2, 0.25) is 0 Å². The van der Waals surface area contributed by atoms with Crippen LogP contribution in [0.1, 0.15) is 32.1 Å². The maximum absolute atomic E-state index is 8.93. The van der Waals surface area contributed by atoms with Crippen molar-refractivity contribution in [1.82, 2.24) is 0 Å². The Balaban J connectivity index is 0.00000225. The molecule has 0 radical (unpaired) electrons. The summed E-state index contributed by atoms with van der Waals surface area (Å²) in [5.41, 5.74) is 6.84. The number of nitrogens with two attached hydrogens (primary N) is 1. The molecule has 1 aliphatic carbocycles. The van der Waals surface area contributed by atoms with Crippen molar-refractivity contribution in [3.63, 3.8) is 0 Å². The fourth-order valence-corrected chi connectivity index (χ4v) is 3.13. The molecule has 0 aromatic heterocycles. The van der Waals surface area contributed by atoms with E-state index in [1.54, 1.807) is 0 Å². The average molecular weight is 456 g/mol. The van der Waals surface area contributed by atoms with Crippen molar-refractivity contribution in [2.75, 3.05) is 25.1 Å². The van der Waals surface area contributed by atoms with Crippen LogP contribution in [0.4, 0.5) is 5.69 Å². The van der Waals surface area contributed by atoms with Gasteiger partial charge in [0.15, 0.2) is 17.5 Å². The van der Waals surface area contributed by atoms with Gasteiger partial charge in [0.1, 0.15) is 0 Å². The number of nitrogens with zero attached hydrogens (tertiary/aromatic N) is 2. The summed E-state index contributed by atoms with van der Waals surface area (Å²) >= 11 is 0. The van der Waals surface area contributed by atoms with Gasteiger partial charge in [-0.2, -0.15) is 5.26 Å². The summed E-state index contributed by atoms with van der Waals surface area (Å²) in [5.74, 6) is 2.66. The van der Waals surface area contributed by atoms with Crippen LogP contribution in [-0.2, 0) is 0 Å². The molecule has 1 saturated carbocycles. The van der Waals surface area contributed by atoms with E-state index in [0.29, 0.717) is 31.6 Å². The molecule has 1 aromatic carbocycles. The third-order valence-electron chi connectivity index (χ3n) is 4.57. The highest BCUT2D eigenvalue weighted by atomic mass is 127. The van der Waals surface area contributed by atoms with Crippen LogP contribution in [0, 0.1) is 23.2 Å². The van der Waals surface area contributed by atoms with E-state index in [9.17, 15) is 0 Å². The van der Waals surface area contributed by atoms with Crippen molar-refractivity contribution in [2.24, 2.45) is 22.6 Å². The second-order valence-electron chi connectivity index (χ2n) is 6.41. The maximum Gasteiger partial charge on any atom is 0.193 e. The molecule has 0 saturated heterocycles. The van der Waals surface area contributed by atoms with E-state index < -0.39 is 0 Å². The van der Waals surface area contributed by atoms with Crippen molar-refractivity contribution in [1.29, 1.82) is 5.26 Å². The van der Waals surface area contributed by atoms with Gasteiger partial charge in [-0.15, -0.1) is 24.0 Å². The van der Waals surface area contributed by atoms with Gasteiger partial charge in [0, 0.05) is 30.6 Å². The Hall–Kier alpha value is -1.69. The highest BCUT2D eigenvalue weighted by Gasteiger charge is 2.20. The molecule has 3 N–H and O–H groups in total. The first kappa shape index (κ1) is 19.6. The number of aliphatic imine (C=N–C) groups is 1. The summed E-state index contributed by atoms with van der Waals surface area (Å²) in [6.45, 7) is 2.05. The molecule has 0 atom stereocenters. The highest BCUT2D eigenvalue weighted by Crippen LogP contribution is 2.32. The number of fused-ring (bicyclic) bond motifs is 1. The predicted octanol–water partition coefficient (Wildman–Crippen LogP) is 3.52. The normalized spacial score (nSPS) is 22.9. The smallest absolute Gasteiger partial charge is 0.193 e. The van der Waals surface area contributed by atoms with Crippen LogP contribution in [-0.4, -0.2) is 25.7 Å². The van der Waals surface area contributed by atoms with Crippen LogP contribution < -0.4 is 20.5 Å². The molecule has 1 fully saturated rings. The lowest BCUT2D eigenvalue weighted by atomic mass is 9.83. The summed E-state index contributed by atoms with van der Waals surface area (Å²) in [5, 5.41) is 12.0. The minimum atomic E-state index is 0. The molecule has 0 bridgehead atoms. The van der Waals surface area contributed by atoms with Gasteiger partial charge in [0.05, 0.1) is 19.3 Å². The number of ether oxygens (including phenoxy) is 2. The Morgan fingerprint density at radius 2 is 1.92 bits per heavy atom. The van der Waals surface area contributed by atoms with Crippen LogP contribution in [0.5, 0.6) is 11.5 Å². The second kappa shape index (κ2) is 9.70. The number of nitrogens with one attached hydrogen (secondary N) is 1. The molecule has 6 nitrogen and oxygen atoms in total. The monoisotopic (exact) mass is 456 g/mol. The minimum Gasteiger partial charge on any atom is -0.490 e. The molecular weight excluding hydrogens is 431 g/mol. The molecule has 0 unspecified atom stereocenters. The third-order valence-corrected chi connectivity index (χ3v) is 4.57. The lowest BCUT2D eigenvalue weighted by Gasteiger charge is -2.23. The van der Waals surface area contributed by atoms with Crippen LogP contribution in [0.15, 0.2) is 23.2 Å². The van der Waals surface area contributed by atoms with Gasteiger partial charge in [-0.25, -0.2) is 0 Å². The molecule has 7 heteroatoms. The summed E-state index contributed by atoms with van der Waals surface area (Å²) < 4.78 is 11.3. The Labute approximate surface area is 165 Å². The molecule has 0 amide bonds. The third kappa shape index (κ3) is 5.66. The number of halogens is 1. The van der Waals surface area contributed by atoms with Gasteiger partial charge in [-0.1, -0.05) is 0 Å². The number of anilines is 1. The van der Waals surface area contributed by atoms with E-state index in [1.807, 2.05) is 18.2 Å². The van der Waals surface area contributed by atoms with Gasteiger partial charge in [0.25, 0.3) is 0 Å². The number of nitriles is 1. The number of hydrogen-bond donors (Lipinski definition) is 2. The summed E-state index contributed by atoms with van der Waals surface area (Å²) in [6.07, 6.45) is 4.95. The highest BCUT2D eigenvalue weighted by molar-refractivity contribution is 14.0. The van der Waals surface area contributed by atoms with E-state index >= 15 is 0 Å². The molecular formula is C18H25IN4O2. The van der Waals surface area contributed by atoms with Gasteiger partial charge < -0.3 is 20.5 Å². The fraction of sp³-hybridized carbons (Fsp3) is 0.556. The van der Waals surface area contributed by atoms with Crippen LogP contribution in [0.3, 0.4) is 0 Å². The molecule has 3 rings (SSSR count). The Morgan fingerprint density at radius 3 is 2.64 bits per heavy atom. The minimum absolute atomic E-state index is 0. The molecule has 2 aliphatic rings. The van der Waals surface area contributed by atoms with E-state index in [0.717, 1.165) is 49.3 Å². The number of benzene rings is 1. The van der Waals surface area contributed by atoms with Crippen LogP contribution in [0.25, 0.3) is 0 Å². The maximum atomic E-state index is 8.93. The fourth-order valence-electron chi connectivity index (χ4n) is 3.13. The van der Waals surface area contributed by atoms with Gasteiger partial charge in [-0.3, -0.25) is 4.99 Å². The Morgan fingerprint density at radius 1 is 1.20 bits per heavy atom. The molecule has 0 spiro atoms. The summed E-state index contributed by atoms with van der Waals surface area (Å²) in [4.78, 5) is 4.45. The zero-order chi connectivity index (χ0) is 16.8. The standard InChI is InChI=1S/C18H24N4O2.HI/c19-11-13-2-4-14(5-3-13)12-21-18(20)22-15-6-7-16-17(10-15)24-9-1-8-23-16;/h6-7,10,13-14H,1-5,8-9,12H2,(H3,20,21,22);1H. The lowest BCUT2D eigenvalue weighted by Crippen LogP contribution is -2.24. The quantitative estimate of drug-likeness (QED) is 0.413. The average Bonchev–Trinajstić information content (AvgIpc) is 2.85. The number of hydrogen-bond acceptors (Lipinski definition) is 4.